The topological polar surface area (TPSA) is 52.0 Å². The molecule has 1 aromatic heterocycles. The van der Waals surface area contributed by atoms with Gasteiger partial charge >= 0.3 is 0 Å². The lowest BCUT2D eigenvalue weighted by Gasteiger charge is -2.44. The van der Waals surface area contributed by atoms with E-state index in [0.29, 0.717) is 0 Å². The minimum absolute atomic E-state index is 0.0969. The largest absolute Gasteiger partial charge is 0.320 e. The summed E-state index contributed by atoms with van der Waals surface area (Å²) in [7, 11) is -1.21. The SMILES string of the molecule is CC(N)S1(C(C)N)C=CC=C1c1cccs1. The maximum atomic E-state index is 6.20. The number of rotatable bonds is 3. The standard InChI is InChI=1S/C12H18N2S2/c1-9(13)16(10(2)14)8-4-6-12(16)11-5-3-7-15-11/h3-10H,13-14H2,1-2H3. The molecule has 4 heteroatoms. The summed E-state index contributed by atoms with van der Waals surface area (Å²) < 4.78 is 0. The first-order valence-corrected chi connectivity index (χ1v) is 8.04. The van der Waals surface area contributed by atoms with E-state index in [4.69, 9.17) is 11.5 Å². The molecule has 88 valence electrons. The van der Waals surface area contributed by atoms with Crippen LogP contribution in [0.15, 0.2) is 35.1 Å². The second kappa shape index (κ2) is 4.37. The molecule has 0 fully saturated rings. The molecule has 16 heavy (non-hydrogen) atoms. The van der Waals surface area contributed by atoms with Crippen LogP contribution in [0.4, 0.5) is 0 Å². The first-order valence-electron chi connectivity index (χ1n) is 5.33. The fourth-order valence-electron chi connectivity index (χ4n) is 2.11. The van der Waals surface area contributed by atoms with Gasteiger partial charge in [-0.15, -0.1) is 11.3 Å². The Hall–Kier alpha value is -0.550. The molecule has 0 saturated heterocycles. The smallest absolute Gasteiger partial charge is 0.0408 e. The fourth-order valence-corrected chi connectivity index (χ4v) is 6.52. The third-order valence-corrected chi connectivity index (χ3v) is 8.15. The van der Waals surface area contributed by atoms with E-state index >= 15 is 0 Å². The van der Waals surface area contributed by atoms with E-state index in [0.717, 1.165) is 0 Å². The number of nitrogens with two attached hydrogens (primary N) is 2. The quantitative estimate of drug-likeness (QED) is 0.871. The lowest BCUT2D eigenvalue weighted by atomic mass is 10.4. The van der Waals surface area contributed by atoms with Crippen molar-refractivity contribution < 1.29 is 0 Å². The van der Waals surface area contributed by atoms with Crippen molar-refractivity contribution in [2.45, 2.75) is 24.6 Å². The van der Waals surface area contributed by atoms with E-state index in [1.54, 1.807) is 11.3 Å². The molecule has 0 amide bonds. The van der Waals surface area contributed by atoms with E-state index < -0.39 is 10.0 Å². The Balaban J connectivity index is 2.48. The van der Waals surface area contributed by atoms with Crippen LogP contribution in [0.1, 0.15) is 18.7 Å². The Morgan fingerprint density at radius 1 is 1.25 bits per heavy atom. The summed E-state index contributed by atoms with van der Waals surface area (Å²) in [4.78, 5) is 2.64. The van der Waals surface area contributed by atoms with Gasteiger partial charge in [0.15, 0.2) is 0 Å². The van der Waals surface area contributed by atoms with Gasteiger partial charge in [0, 0.05) is 20.5 Å². The maximum Gasteiger partial charge on any atom is 0.0408 e. The predicted molar refractivity (Wildman–Crippen MR) is 76.3 cm³/mol. The van der Waals surface area contributed by atoms with Crippen LogP contribution in [0.5, 0.6) is 0 Å². The highest BCUT2D eigenvalue weighted by molar-refractivity contribution is 8.44. The number of thiophene rings is 1. The van der Waals surface area contributed by atoms with Crippen molar-refractivity contribution in [2.75, 3.05) is 0 Å². The lowest BCUT2D eigenvalue weighted by molar-refractivity contribution is 0.967. The zero-order valence-electron chi connectivity index (χ0n) is 9.59. The monoisotopic (exact) mass is 254 g/mol. The highest BCUT2D eigenvalue weighted by atomic mass is 32.3. The van der Waals surface area contributed by atoms with Gasteiger partial charge in [0.05, 0.1) is 0 Å². The maximum absolute atomic E-state index is 6.20. The summed E-state index contributed by atoms with van der Waals surface area (Å²) in [6, 6.07) is 4.22. The average molecular weight is 254 g/mol. The number of hydrogen-bond donors (Lipinski definition) is 2. The lowest BCUT2D eigenvalue weighted by Crippen LogP contribution is -2.34. The van der Waals surface area contributed by atoms with Crippen molar-refractivity contribution >= 4 is 26.3 Å². The van der Waals surface area contributed by atoms with Crippen LogP contribution in [-0.4, -0.2) is 10.7 Å². The molecule has 2 rings (SSSR count). The first-order chi connectivity index (χ1) is 7.59. The van der Waals surface area contributed by atoms with E-state index in [2.05, 4.69) is 48.9 Å². The van der Waals surface area contributed by atoms with Crippen LogP contribution >= 0.6 is 21.4 Å². The van der Waals surface area contributed by atoms with Gasteiger partial charge in [-0.2, -0.15) is 10.0 Å². The molecule has 2 heterocycles. The van der Waals surface area contributed by atoms with Crippen LogP contribution in [0.25, 0.3) is 4.91 Å². The first kappa shape index (κ1) is 11.9. The zero-order chi connectivity index (χ0) is 11.8. The molecule has 1 aliphatic heterocycles. The molecule has 2 unspecified atom stereocenters. The summed E-state index contributed by atoms with van der Waals surface area (Å²) in [5.74, 6) is 0. The van der Waals surface area contributed by atoms with Gasteiger partial charge in [-0.25, -0.2) is 0 Å². The molecule has 0 aromatic carbocycles. The molecule has 0 aliphatic carbocycles. The van der Waals surface area contributed by atoms with Crippen molar-refractivity contribution in [1.29, 1.82) is 0 Å². The van der Waals surface area contributed by atoms with Crippen molar-refractivity contribution in [3.63, 3.8) is 0 Å². The number of hydrogen-bond acceptors (Lipinski definition) is 3. The minimum atomic E-state index is -1.21. The van der Waals surface area contributed by atoms with Crippen LogP contribution in [0, 0.1) is 0 Å². The molecule has 1 aromatic rings. The fraction of sp³-hybridized carbons (Fsp3) is 0.333. The van der Waals surface area contributed by atoms with Crippen molar-refractivity contribution in [1.82, 2.24) is 0 Å². The van der Waals surface area contributed by atoms with Gasteiger partial charge in [-0.1, -0.05) is 12.1 Å². The van der Waals surface area contributed by atoms with E-state index in [1.807, 2.05) is 0 Å². The molecule has 0 saturated carbocycles. The second-order valence-corrected chi connectivity index (χ2v) is 8.68. The molecular formula is C12H18N2S2. The van der Waals surface area contributed by atoms with E-state index in [-0.39, 0.29) is 10.7 Å². The molecule has 2 nitrogen and oxygen atoms in total. The molecule has 4 N–H and O–H groups in total. The minimum Gasteiger partial charge on any atom is -0.320 e. The molecule has 1 aliphatic rings. The van der Waals surface area contributed by atoms with Crippen molar-refractivity contribution in [3.05, 3.63) is 40.0 Å². The molecular weight excluding hydrogens is 236 g/mol. The van der Waals surface area contributed by atoms with Crippen molar-refractivity contribution in [2.24, 2.45) is 11.5 Å². The summed E-state index contributed by atoms with van der Waals surface area (Å²) in [5, 5.41) is 4.53. The van der Waals surface area contributed by atoms with E-state index in [9.17, 15) is 0 Å². The van der Waals surface area contributed by atoms with Gasteiger partial charge in [0.1, 0.15) is 0 Å². The van der Waals surface area contributed by atoms with Crippen molar-refractivity contribution in [3.8, 4) is 0 Å². The Morgan fingerprint density at radius 2 is 1.94 bits per heavy atom. The van der Waals surface area contributed by atoms with Crippen LogP contribution in [0.3, 0.4) is 0 Å². The predicted octanol–water partition coefficient (Wildman–Crippen LogP) is 3.03. The summed E-state index contributed by atoms with van der Waals surface area (Å²) >= 11 is 1.76. The van der Waals surface area contributed by atoms with Crippen LogP contribution in [-0.2, 0) is 0 Å². The molecule has 2 atom stereocenters. The normalized spacial score (nSPS) is 31.9. The second-order valence-electron chi connectivity index (χ2n) is 4.01. The Bertz CT molecular complexity index is 408. The molecule has 0 radical (unpaired) electrons. The van der Waals surface area contributed by atoms with Gasteiger partial charge in [0.25, 0.3) is 0 Å². The van der Waals surface area contributed by atoms with Gasteiger partial charge in [-0.3, -0.25) is 0 Å². The van der Waals surface area contributed by atoms with Crippen LogP contribution < -0.4 is 11.5 Å². The van der Waals surface area contributed by atoms with E-state index in [1.165, 1.54) is 9.78 Å². The highest BCUT2D eigenvalue weighted by Gasteiger charge is 2.36. The van der Waals surface area contributed by atoms with Gasteiger partial charge < -0.3 is 11.5 Å². The summed E-state index contributed by atoms with van der Waals surface area (Å²) in [6.45, 7) is 4.13. The Morgan fingerprint density at radius 3 is 2.44 bits per heavy atom. The van der Waals surface area contributed by atoms with Gasteiger partial charge in [0.2, 0.25) is 0 Å². The Labute approximate surface area is 102 Å². The number of allylic oxidation sites excluding steroid dienone is 2. The summed E-state index contributed by atoms with van der Waals surface area (Å²) in [6.07, 6.45) is 4.28. The highest BCUT2D eigenvalue weighted by Crippen LogP contribution is 2.67. The molecule has 0 bridgehead atoms. The zero-order valence-corrected chi connectivity index (χ0v) is 11.2. The third-order valence-electron chi connectivity index (χ3n) is 2.93. The average Bonchev–Trinajstić information content (AvgIpc) is 2.86. The third kappa shape index (κ3) is 1.66. The van der Waals surface area contributed by atoms with Gasteiger partial charge in [-0.05, 0) is 36.8 Å². The summed E-state index contributed by atoms with van der Waals surface area (Å²) in [5.41, 5.74) is 12.4. The molecule has 0 spiro atoms. The Kier molecular flexibility index (Phi) is 3.26. The van der Waals surface area contributed by atoms with Crippen LogP contribution in [0.2, 0.25) is 0 Å².